The SMILES string of the molecule is COc1ccc(-c2nnc(SCc3ccccc3F)n2C)cc1. The van der Waals surface area contributed by atoms with Crippen molar-refractivity contribution in [2.24, 2.45) is 7.05 Å². The van der Waals surface area contributed by atoms with Crippen molar-refractivity contribution in [2.45, 2.75) is 10.9 Å². The molecule has 0 amide bonds. The Morgan fingerprint density at radius 3 is 2.52 bits per heavy atom. The van der Waals surface area contributed by atoms with Crippen LogP contribution in [0, 0.1) is 5.82 Å². The average molecular weight is 329 g/mol. The maximum Gasteiger partial charge on any atom is 0.191 e. The molecule has 4 nitrogen and oxygen atoms in total. The van der Waals surface area contributed by atoms with E-state index < -0.39 is 0 Å². The molecule has 0 N–H and O–H groups in total. The van der Waals surface area contributed by atoms with E-state index in [0.29, 0.717) is 11.3 Å². The first-order valence-electron chi connectivity index (χ1n) is 7.09. The van der Waals surface area contributed by atoms with E-state index in [1.807, 2.05) is 41.9 Å². The molecule has 0 spiro atoms. The topological polar surface area (TPSA) is 39.9 Å². The van der Waals surface area contributed by atoms with Crippen molar-refractivity contribution in [3.63, 3.8) is 0 Å². The summed E-state index contributed by atoms with van der Waals surface area (Å²) in [6, 6.07) is 14.4. The third-order valence-corrected chi connectivity index (χ3v) is 4.57. The van der Waals surface area contributed by atoms with E-state index in [9.17, 15) is 4.39 Å². The molecule has 0 aliphatic carbocycles. The number of benzene rings is 2. The van der Waals surface area contributed by atoms with E-state index in [2.05, 4.69) is 10.2 Å². The van der Waals surface area contributed by atoms with Gasteiger partial charge in [0.25, 0.3) is 0 Å². The van der Waals surface area contributed by atoms with Crippen LogP contribution in [0.1, 0.15) is 5.56 Å². The van der Waals surface area contributed by atoms with E-state index in [-0.39, 0.29) is 5.82 Å². The number of hydrogen-bond acceptors (Lipinski definition) is 4. The Balaban J connectivity index is 1.77. The monoisotopic (exact) mass is 329 g/mol. The van der Waals surface area contributed by atoms with Crippen molar-refractivity contribution in [3.05, 3.63) is 59.9 Å². The quantitative estimate of drug-likeness (QED) is 0.665. The molecule has 0 saturated carbocycles. The van der Waals surface area contributed by atoms with Crippen LogP contribution < -0.4 is 4.74 Å². The maximum absolute atomic E-state index is 13.7. The summed E-state index contributed by atoms with van der Waals surface area (Å²) in [4.78, 5) is 0. The van der Waals surface area contributed by atoms with Crippen molar-refractivity contribution in [3.8, 4) is 17.1 Å². The van der Waals surface area contributed by atoms with E-state index in [1.165, 1.54) is 17.8 Å². The Morgan fingerprint density at radius 2 is 1.83 bits per heavy atom. The Morgan fingerprint density at radius 1 is 1.09 bits per heavy atom. The molecule has 0 aliphatic heterocycles. The third kappa shape index (κ3) is 3.37. The zero-order valence-electron chi connectivity index (χ0n) is 12.9. The predicted molar refractivity (Wildman–Crippen MR) is 89.0 cm³/mol. The van der Waals surface area contributed by atoms with Crippen molar-refractivity contribution in [1.29, 1.82) is 0 Å². The molecule has 0 atom stereocenters. The molecule has 3 rings (SSSR count). The second kappa shape index (κ2) is 6.83. The highest BCUT2D eigenvalue weighted by molar-refractivity contribution is 7.98. The van der Waals surface area contributed by atoms with Gasteiger partial charge in [-0.1, -0.05) is 30.0 Å². The lowest BCUT2D eigenvalue weighted by molar-refractivity contribution is 0.415. The Kier molecular flexibility index (Phi) is 4.62. The van der Waals surface area contributed by atoms with Crippen LogP contribution in [0.4, 0.5) is 4.39 Å². The van der Waals surface area contributed by atoms with Crippen LogP contribution >= 0.6 is 11.8 Å². The normalized spacial score (nSPS) is 10.7. The standard InChI is InChI=1S/C17H16FN3OS/c1-21-16(12-7-9-14(22-2)10-8-12)19-20-17(21)23-11-13-5-3-4-6-15(13)18/h3-10H,11H2,1-2H3. The fourth-order valence-electron chi connectivity index (χ4n) is 2.19. The smallest absolute Gasteiger partial charge is 0.191 e. The van der Waals surface area contributed by atoms with E-state index in [1.54, 1.807) is 19.2 Å². The van der Waals surface area contributed by atoms with Crippen molar-refractivity contribution in [2.75, 3.05) is 7.11 Å². The highest BCUT2D eigenvalue weighted by Gasteiger charge is 2.12. The summed E-state index contributed by atoms with van der Waals surface area (Å²) in [6.45, 7) is 0. The van der Waals surface area contributed by atoms with Crippen molar-refractivity contribution >= 4 is 11.8 Å². The van der Waals surface area contributed by atoms with Gasteiger partial charge in [-0.05, 0) is 35.9 Å². The molecule has 0 fully saturated rings. The Hall–Kier alpha value is -2.34. The fourth-order valence-corrected chi connectivity index (χ4v) is 3.09. The lowest BCUT2D eigenvalue weighted by Gasteiger charge is -2.05. The van der Waals surface area contributed by atoms with Crippen molar-refractivity contribution in [1.82, 2.24) is 14.8 Å². The molecular weight excluding hydrogens is 313 g/mol. The van der Waals surface area contributed by atoms with Gasteiger partial charge in [-0.15, -0.1) is 10.2 Å². The lowest BCUT2D eigenvalue weighted by Crippen LogP contribution is -1.95. The summed E-state index contributed by atoms with van der Waals surface area (Å²) < 4.78 is 20.7. The first-order valence-corrected chi connectivity index (χ1v) is 8.07. The minimum atomic E-state index is -0.197. The van der Waals surface area contributed by atoms with Crippen LogP contribution in [0.3, 0.4) is 0 Å². The molecular formula is C17H16FN3OS. The van der Waals surface area contributed by atoms with Gasteiger partial charge in [0.2, 0.25) is 0 Å². The van der Waals surface area contributed by atoms with E-state index in [0.717, 1.165) is 22.3 Å². The molecule has 118 valence electrons. The zero-order valence-corrected chi connectivity index (χ0v) is 13.7. The summed E-state index contributed by atoms with van der Waals surface area (Å²) in [7, 11) is 3.54. The second-order valence-electron chi connectivity index (χ2n) is 4.97. The highest BCUT2D eigenvalue weighted by atomic mass is 32.2. The fraction of sp³-hybridized carbons (Fsp3) is 0.176. The minimum absolute atomic E-state index is 0.197. The maximum atomic E-state index is 13.7. The summed E-state index contributed by atoms with van der Waals surface area (Å²) in [5.41, 5.74) is 1.62. The summed E-state index contributed by atoms with van der Waals surface area (Å²) in [5.74, 6) is 1.88. The number of aromatic nitrogens is 3. The predicted octanol–water partition coefficient (Wildman–Crippen LogP) is 3.92. The number of halogens is 1. The van der Waals surface area contributed by atoms with Gasteiger partial charge in [0.1, 0.15) is 11.6 Å². The van der Waals surface area contributed by atoms with Gasteiger partial charge < -0.3 is 9.30 Å². The van der Waals surface area contributed by atoms with E-state index in [4.69, 9.17) is 4.74 Å². The minimum Gasteiger partial charge on any atom is -0.497 e. The van der Waals surface area contributed by atoms with Crippen LogP contribution in [-0.2, 0) is 12.8 Å². The van der Waals surface area contributed by atoms with Gasteiger partial charge in [0.05, 0.1) is 7.11 Å². The molecule has 3 aromatic rings. The molecule has 0 aliphatic rings. The first kappa shape index (κ1) is 15.6. The molecule has 6 heteroatoms. The van der Waals surface area contributed by atoms with Crippen LogP contribution in [0.25, 0.3) is 11.4 Å². The van der Waals surface area contributed by atoms with Gasteiger partial charge >= 0.3 is 0 Å². The summed E-state index contributed by atoms with van der Waals surface area (Å²) >= 11 is 1.46. The number of rotatable bonds is 5. The molecule has 0 saturated heterocycles. The summed E-state index contributed by atoms with van der Waals surface area (Å²) in [6.07, 6.45) is 0. The van der Waals surface area contributed by atoms with Crippen LogP contribution in [0.5, 0.6) is 5.75 Å². The van der Waals surface area contributed by atoms with Gasteiger partial charge in [-0.3, -0.25) is 0 Å². The first-order chi connectivity index (χ1) is 11.2. The zero-order chi connectivity index (χ0) is 16.2. The lowest BCUT2D eigenvalue weighted by atomic mass is 10.2. The van der Waals surface area contributed by atoms with Crippen LogP contribution in [0.2, 0.25) is 0 Å². The van der Waals surface area contributed by atoms with Gasteiger partial charge in [-0.2, -0.15) is 0 Å². The Bertz CT molecular complexity index is 802. The molecule has 23 heavy (non-hydrogen) atoms. The molecule has 0 unspecified atom stereocenters. The van der Waals surface area contributed by atoms with Gasteiger partial charge in [0, 0.05) is 18.4 Å². The van der Waals surface area contributed by atoms with Gasteiger partial charge in [0.15, 0.2) is 11.0 Å². The summed E-state index contributed by atoms with van der Waals surface area (Å²) in [5, 5.41) is 9.18. The molecule has 1 heterocycles. The molecule has 2 aromatic carbocycles. The number of thioether (sulfide) groups is 1. The molecule has 1 aromatic heterocycles. The average Bonchev–Trinajstić information content (AvgIpc) is 2.95. The van der Waals surface area contributed by atoms with Crippen molar-refractivity contribution < 1.29 is 9.13 Å². The number of hydrogen-bond donors (Lipinski definition) is 0. The third-order valence-electron chi connectivity index (χ3n) is 3.50. The molecule has 0 bridgehead atoms. The highest BCUT2D eigenvalue weighted by Crippen LogP contribution is 2.26. The van der Waals surface area contributed by atoms with Crippen LogP contribution in [-0.4, -0.2) is 21.9 Å². The number of nitrogens with zero attached hydrogens (tertiary/aromatic N) is 3. The Labute approximate surface area is 138 Å². The van der Waals surface area contributed by atoms with E-state index >= 15 is 0 Å². The second-order valence-corrected chi connectivity index (χ2v) is 5.92. The molecule has 0 radical (unpaired) electrons. The van der Waals surface area contributed by atoms with Gasteiger partial charge in [-0.25, -0.2) is 4.39 Å². The number of ether oxygens (including phenoxy) is 1. The van der Waals surface area contributed by atoms with Crippen LogP contribution in [0.15, 0.2) is 53.7 Å². The largest absolute Gasteiger partial charge is 0.497 e. The number of methoxy groups -OCH3 is 1.